The molecule has 5 nitrogen and oxygen atoms in total. The second-order valence-corrected chi connectivity index (χ2v) is 4.93. The van der Waals surface area contributed by atoms with Gasteiger partial charge >= 0.3 is 5.97 Å². The predicted octanol–water partition coefficient (Wildman–Crippen LogP) is 2.67. The van der Waals surface area contributed by atoms with Crippen molar-refractivity contribution in [2.45, 2.75) is 6.92 Å². The maximum Gasteiger partial charge on any atom is 0.338 e. The molecule has 1 N–H and O–H groups in total. The third-order valence-electron chi connectivity index (χ3n) is 3.56. The second kappa shape index (κ2) is 5.28. The van der Waals surface area contributed by atoms with Crippen LogP contribution in [0.1, 0.15) is 16.1 Å². The zero-order valence-corrected chi connectivity index (χ0v) is 11.9. The van der Waals surface area contributed by atoms with E-state index < -0.39 is 28.5 Å². The Balaban J connectivity index is 2.59. The van der Waals surface area contributed by atoms with Crippen LogP contribution in [0.3, 0.4) is 0 Å². The Labute approximate surface area is 128 Å². The molecule has 3 rings (SSSR count). The van der Waals surface area contributed by atoms with Crippen molar-refractivity contribution in [3.8, 4) is 5.69 Å². The minimum atomic E-state index is -1.38. The van der Waals surface area contributed by atoms with Gasteiger partial charge in [-0.2, -0.15) is 0 Å². The van der Waals surface area contributed by atoms with E-state index in [0.717, 1.165) is 10.6 Å². The smallest absolute Gasteiger partial charge is 0.338 e. The molecule has 3 aromatic rings. The fraction of sp³-hybridized carbons (Fsp3) is 0.0625. The van der Waals surface area contributed by atoms with E-state index in [1.54, 1.807) is 12.1 Å². The lowest BCUT2D eigenvalue weighted by molar-refractivity contribution is 0.0697. The molecule has 2 heterocycles. The second-order valence-electron chi connectivity index (χ2n) is 4.93. The summed E-state index contributed by atoms with van der Waals surface area (Å²) in [5.41, 5.74) is -0.744. The third kappa shape index (κ3) is 2.26. The molecule has 7 heteroatoms. The lowest BCUT2D eigenvalue weighted by Gasteiger charge is -2.15. The topological polar surface area (TPSA) is 72.2 Å². The average Bonchev–Trinajstić information content (AvgIpc) is 2.47. The van der Waals surface area contributed by atoms with Crippen LogP contribution in [0.15, 0.2) is 41.5 Å². The number of hydrogen-bond donors (Lipinski definition) is 1. The first-order chi connectivity index (χ1) is 10.9. The molecule has 0 spiro atoms. The summed E-state index contributed by atoms with van der Waals surface area (Å²) in [7, 11) is 0. The molecule has 23 heavy (non-hydrogen) atoms. The lowest BCUT2D eigenvalue weighted by Crippen LogP contribution is -2.25. The molecule has 0 saturated carbocycles. The van der Waals surface area contributed by atoms with Gasteiger partial charge in [-0.25, -0.2) is 13.6 Å². The number of carboxylic acids is 1. The molecule has 1 aromatic carbocycles. The first-order valence-corrected chi connectivity index (χ1v) is 6.60. The zero-order valence-electron chi connectivity index (χ0n) is 11.9. The molecule has 0 atom stereocenters. The summed E-state index contributed by atoms with van der Waals surface area (Å²) in [5.74, 6) is -3.43. The molecule has 2 aromatic heterocycles. The van der Waals surface area contributed by atoms with Crippen molar-refractivity contribution < 1.29 is 18.7 Å². The fourth-order valence-corrected chi connectivity index (χ4v) is 2.63. The van der Waals surface area contributed by atoms with E-state index in [1.165, 1.54) is 19.3 Å². The SMILES string of the molecule is Cc1c(C(=O)O)c2cc(F)cc(F)c2c(=O)n1-c1cccnc1. The van der Waals surface area contributed by atoms with E-state index in [-0.39, 0.29) is 16.6 Å². The Bertz CT molecular complexity index is 998. The van der Waals surface area contributed by atoms with Crippen LogP contribution in [0.25, 0.3) is 16.5 Å². The quantitative estimate of drug-likeness (QED) is 0.789. The first-order valence-electron chi connectivity index (χ1n) is 6.60. The largest absolute Gasteiger partial charge is 0.478 e. The molecule has 116 valence electrons. The average molecular weight is 316 g/mol. The molecular formula is C16H10F2N2O3. The Morgan fingerprint density at radius 2 is 2.04 bits per heavy atom. The van der Waals surface area contributed by atoms with Gasteiger partial charge in [-0.1, -0.05) is 0 Å². The Kier molecular flexibility index (Phi) is 3.40. The van der Waals surface area contributed by atoms with Crippen molar-refractivity contribution in [1.29, 1.82) is 0 Å². The van der Waals surface area contributed by atoms with Gasteiger partial charge in [0.25, 0.3) is 5.56 Å². The number of pyridine rings is 2. The summed E-state index contributed by atoms with van der Waals surface area (Å²) < 4.78 is 28.6. The summed E-state index contributed by atoms with van der Waals surface area (Å²) in [6.45, 7) is 1.40. The number of rotatable bonds is 2. The number of aromatic carboxylic acids is 1. The van der Waals surface area contributed by atoms with Gasteiger partial charge in [0.15, 0.2) is 0 Å². The highest BCUT2D eigenvalue weighted by atomic mass is 19.1. The zero-order chi connectivity index (χ0) is 16.7. The van der Waals surface area contributed by atoms with Crippen LogP contribution in [0, 0.1) is 18.6 Å². The Morgan fingerprint density at radius 3 is 2.65 bits per heavy atom. The third-order valence-corrected chi connectivity index (χ3v) is 3.56. The molecule has 0 bridgehead atoms. The van der Waals surface area contributed by atoms with Crippen LogP contribution in [0.5, 0.6) is 0 Å². The normalized spacial score (nSPS) is 10.9. The van der Waals surface area contributed by atoms with Crippen molar-refractivity contribution in [1.82, 2.24) is 9.55 Å². The first kappa shape index (κ1) is 14.8. The fourth-order valence-electron chi connectivity index (χ4n) is 2.63. The van der Waals surface area contributed by atoms with E-state index in [9.17, 15) is 23.5 Å². The van der Waals surface area contributed by atoms with Crippen LogP contribution >= 0.6 is 0 Å². The molecule has 0 fully saturated rings. The molecule has 0 aliphatic heterocycles. The summed E-state index contributed by atoms with van der Waals surface area (Å²) in [6, 6.07) is 4.51. The summed E-state index contributed by atoms with van der Waals surface area (Å²) >= 11 is 0. The van der Waals surface area contributed by atoms with Crippen LogP contribution < -0.4 is 5.56 Å². The number of benzene rings is 1. The van der Waals surface area contributed by atoms with Gasteiger partial charge in [0.1, 0.15) is 11.6 Å². The van der Waals surface area contributed by atoms with Crippen molar-refractivity contribution >= 4 is 16.7 Å². The van der Waals surface area contributed by atoms with Crippen LogP contribution in [-0.2, 0) is 0 Å². The number of nitrogens with zero attached hydrogens (tertiary/aromatic N) is 2. The highest BCUT2D eigenvalue weighted by Crippen LogP contribution is 2.24. The van der Waals surface area contributed by atoms with Crippen LogP contribution in [0.4, 0.5) is 8.78 Å². The van der Waals surface area contributed by atoms with E-state index >= 15 is 0 Å². The molecule has 0 unspecified atom stereocenters. The van der Waals surface area contributed by atoms with Gasteiger partial charge < -0.3 is 5.11 Å². The van der Waals surface area contributed by atoms with Crippen molar-refractivity contribution in [3.05, 3.63) is 69.9 Å². The number of aromatic nitrogens is 2. The molecule has 0 amide bonds. The van der Waals surface area contributed by atoms with E-state index in [0.29, 0.717) is 11.8 Å². The summed E-state index contributed by atoms with van der Waals surface area (Å²) in [4.78, 5) is 28.1. The number of fused-ring (bicyclic) bond motifs is 1. The van der Waals surface area contributed by atoms with Gasteiger partial charge in [-0.3, -0.25) is 14.3 Å². The Morgan fingerprint density at radius 1 is 1.30 bits per heavy atom. The minimum Gasteiger partial charge on any atom is -0.478 e. The van der Waals surface area contributed by atoms with Crippen LogP contribution in [0.2, 0.25) is 0 Å². The highest BCUT2D eigenvalue weighted by Gasteiger charge is 2.22. The van der Waals surface area contributed by atoms with Gasteiger partial charge in [0.05, 0.1) is 22.8 Å². The molecule has 0 radical (unpaired) electrons. The van der Waals surface area contributed by atoms with Crippen molar-refractivity contribution in [2.24, 2.45) is 0 Å². The Hall–Kier alpha value is -3.09. The standard InChI is InChI=1S/C16H10F2N2O3/c1-8-13(16(22)23)11-5-9(17)6-12(18)14(11)15(21)20(8)10-3-2-4-19-7-10/h2-7H,1H3,(H,22,23). The van der Waals surface area contributed by atoms with Gasteiger partial charge in [-0.15, -0.1) is 0 Å². The predicted molar refractivity (Wildman–Crippen MR) is 79.0 cm³/mol. The van der Waals surface area contributed by atoms with Crippen LogP contribution in [-0.4, -0.2) is 20.6 Å². The molecule has 0 aliphatic rings. The van der Waals surface area contributed by atoms with E-state index in [1.807, 2.05) is 0 Å². The summed E-state index contributed by atoms with van der Waals surface area (Å²) in [5, 5.41) is 8.69. The maximum atomic E-state index is 14.1. The number of hydrogen-bond acceptors (Lipinski definition) is 3. The molecular weight excluding hydrogens is 306 g/mol. The van der Waals surface area contributed by atoms with Gasteiger partial charge in [0, 0.05) is 23.3 Å². The van der Waals surface area contributed by atoms with E-state index in [2.05, 4.69) is 4.98 Å². The summed E-state index contributed by atoms with van der Waals surface area (Å²) in [6.07, 6.45) is 2.84. The highest BCUT2D eigenvalue weighted by molar-refractivity contribution is 6.04. The van der Waals surface area contributed by atoms with Crippen molar-refractivity contribution in [2.75, 3.05) is 0 Å². The lowest BCUT2D eigenvalue weighted by atomic mass is 10.0. The number of halogens is 2. The maximum absolute atomic E-state index is 14.1. The van der Waals surface area contributed by atoms with Gasteiger partial charge in [0.2, 0.25) is 0 Å². The van der Waals surface area contributed by atoms with Crippen molar-refractivity contribution in [3.63, 3.8) is 0 Å². The van der Waals surface area contributed by atoms with E-state index in [4.69, 9.17) is 0 Å². The molecule has 0 saturated heterocycles. The number of carboxylic acid groups (broad SMARTS) is 1. The monoisotopic (exact) mass is 316 g/mol. The number of carbonyl (C=O) groups is 1. The van der Waals surface area contributed by atoms with Gasteiger partial charge in [-0.05, 0) is 25.1 Å². The molecule has 0 aliphatic carbocycles. The minimum absolute atomic E-state index is 0.0630.